The van der Waals surface area contributed by atoms with E-state index in [2.05, 4.69) is 55.0 Å². The summed E-state index contributed by atoms with van der Waals surface area (Å²) in [6, 6.07) is 23.7. The van der Waals surface area contributed by atoms with Gasteiger partial charge in [-0.05, 0) is 112 Å². The number of carbonyl (C=O) groups is 3. The van der Waals surface area contributed by atoms with Gasteiger partial charge in [-0.15, -0.1) is 5.11 Å². The van der Waals surface area contributed by atoms with Crippen LogP contribution in [0.4, 0.5) is 10.5 Å². The van der Waals surface area contributed by atoms with E-state index in [9.17, 15) is 14.4 Å². The van der Waals surface area contributed by atoms with Crippen molar-refractivity contribution >= 4 is 29.3 Å². The lowest BCUT2D eigenvalue weighted by atomic mass is 9.77. The van der Waals surface area contributed by atoms with E-state index in [1.807, 2.05) is 69.3 Å². The monoisotopic (exact) mass is 750 g/mol. The number of alkyl carbamates (subject to hydrolysis) is 1. The van der Waals surface area contributed by atoms with Gasteiger partial charge in [0.2, 0.25) is 5.91 Å². The topological polar surface area (TPSA) is 143 Å². The number of rotatable bonds is 15. The molecule has 1 atom stereocenters. The summed E-state index contributed by atoms with van der Waals surface area (Å²) in [5, 5.41) is 13.9. The average Bonchev–Trinajstić information content (AvgIpc) is 3.73. The van der Waals surface area contributed by atoms with Crippen LogP contribution in [0.2, 0.25) is 0 Å². The lowest BCUT2D eigenvalue weighted by molar-refractivity contribution is -0.129. The SMILES string of the molecule is CC(C)(C)OC(=O)NCC1CCC(C(=O)C[C@@H](Cc2ccc(-c3cccc(OCCN4CCOCC4)c3)cc2)C(=O)Nc2ccc(C3=NCN=N3)cc2)CC1. The molecule has 0 spiro atoms. The smallest absolute Gasteiger partial charge is 0.407 e. The molecule has 2 fully saturated rings. The van der Waals surface area contributed by atoms with Crippen molar-refractivity contribution in [3.05, 3.63) is 83.9 Å². The zero-order chi connectivity index (χ0) is 38.6. The molecule has 292 valence electrons. The van der Waals surface area contributed by atoms with E-state index in [0.717, 1.165) is 86.5 Å². The van der Waals surface area contributed by atoms with Crippen molar-refractivity contribution in [3.8, 4) is 16.9 Å². The molecule has 6 rings (SSSR count). The third-order valence-electron chi connectivity index (χ3n) is 10.3. The molecule has 2 aliphatic heterocycles. The summed E-state index contributed by atoms with van der Waals surface area (Å²) < 4.78 is 16.9. The summed E-state index contributed by atoms with van der Waals surface area (Å²) >= 11 is 0. The zero-order valence-electron chi connectivity index (χ0n) is 32.3. The number of carbonyl (C=O) groups excluding carboxylic acids is 3. The summed E-state index contributed by atoms with van der Waals surface area (Å²) in [5.41, 5.74) is 3.99. The molecule has 1 aliphatic carbocycles. The molecule has 2 amide bonds. The second-order valence-corrected chi connectivity index (χ2v) is 15.6. The number of amides is 2. The molecule has 3 aromatic carbocycles. The molecule has 2 heterocycles. The summed E-state index contributed by atoms with van der Waals surface area (Å²) in [6.07, 6.45) is 3.30. The third kappa shape index (κ3) is 12.3. The molecule has 1 saturated heterocycles. The van der Waals surface area contributed by atoms with E-state index in [1.54, 1.807) is 0 Å². The number of nitrogens with zero attached hydrogens (tertiary/aromatic N) is 4. The van der Waals surface area contributed by atoms with Crippen LogP contribution < -0.4 is 15.4 Å². The molecule has 0 radical (unpaired) electrons. The molecule has 2 N–H and O–H groups in total. The van der Waals surface area contributed by atoms with Gasteiger partial charge < -0.3 is 24.8 Å². The van der Waals surface area contributed by atoms with Crippen LogP contribution in [-0.4, -0.2) is 86.8 Å². The first-order chi connectivity index (χ1) is 26.6. The number of hydrogen-bond acceptors (Lipinski definition) is 10. The molecule has 12 nitrogen and oxygen atoms in total. The summed E-state index contributed by atoms with van der Waals surface area (Å²) in [4.78, 5) is 46.5. The number of aliphatic imine (C=N–C) groups is 1. The van der Waals surface area contributed by atoms with Gasteiger partial charge in [0, 0.05) is 55.7 Å². The number of benzene rings is 3. The normalized spacial score (nSPS) is 19.3. The van der Waals surface area contributed by atoms with Crippen molar-refractivity contribution < 1.29 is 28.6 Å². The summed E-state index contributed by atoms with van der Waals surface area (Å²) in [6.45, 7) is 11.3. The van der Waals surface area contributed by atoms with Gasteiger partial charge in [0.15, 0.2) is 12.5 Å². The first kappa shape index (κ1) is 39.7. The summed E-state index contributed by atoms with van der Waals surface area (Å²) in [5.74, 6) is 0.938. The average molecular weight is 751 g/mol. The van der Waals surface area contributed by atoms with Crippen LogP contribution in [0, 0.1) is 17.8 Å². The van der Waals surface area contributed by atoms with Crippen LogP contribution in [0.3, 0.4) is 0 Å². The molecule has 1 saturated carbocycles. The maximum Gasteiger partial charge on any atom is 0.407 e. The maximum absolute atomic E-state index is 13.9. The number of nitrogens with one attached hydrogen (secondary N) is 2. The molecule has 55 heavy (non-hydrogen) atoms. The van der Waals surface area contributed by atoms with Gasteiger partial charge >= 0.3 is 6.09 Å². The van der Waals surface area contributed by atoms with E-state index in [0.29, 0.717) is 37.8 Å². The molecular weight excluding hydrogens is 697 g/mol. The maximum atomic E-state index is 13.9. The zero-order valence-corrected chi connectivity index (χ0v) is 32.3. The van der Waals surface area contributed by atoms with Crippen LogP contribution in [0.25, 0.3) is 11.1 Å². The molecule has 3 aromatic rings. The van der Waals surface area contributed by atoms with Gasteiger partial charge in [0.25, 0.3) is 0 Å². The van der Waals surface area contributed by atoms with E-state index >= 15 is 0 Å². The fourth-order valence-corrected chi connectivity index (χ4v) is 7.22. The highest BCUT2D eigenvalue weighted by atomic mass is 16.6. The lowest BCUT2D eigenvalue weighted by Gasteiger charge is -2.29. The van der Waals surface area contributed by atoms with Crippen molar-refractivity contribution in [2.75, 3.05) is 58.0 Å². The van der Waals surface area contributed by atoms with Crippen molar-refractivity contribution in [1.82, 2.24) is 10.2 Å². The Kier molecular flexibility index (Phi) is 13.8. The molecule has 12 heteroatoms. The Hall–Kier alpha value is -4.94. The first-order valence-corrected chi connectivity index (χ1v) is 19.5. The minimum atomic E-state index is -0.555. The van der Waals surface area contributed by atoms with Crippen molar-refractivity contribution in [2.24, 2.45) is 33.0 Å². The fourth-order valence-electron chi connectivity index (χ4n) is 7.22. The number of azo groups is 1. The van der Waals surface area contributed by atoms with E-state index in [1.165, 1.54) is 0 Å². The van der Waals surface area contributed by atoms with Crippen LogP contribution in [-0.2, 0) is 25.5 Å². The minimum absolute atomic E-state index is 0.112. The van der Waals surface area contributed by atoms with Crippen LogP contribution >= 0.6 is 0 Å². The number of morpholine rings is 1. The van der Waals surface area contributed by atoms with Gasteiger partial charge in [-0.2, -0.15) is 5.11 Å². The number of Topliss-reactive ketones (excluding diaryl/α,β-unsaturated/α-hetero) is 1. The van der Waals surface area contributed by atoms with Gasteiger partial charge in [0.05, 0.1) is 13.2 Å². The Bertz CT molecular complexity index is 1810. The quantitative estimate of drug-likeness (QED) is 0.166. The Balaban J connectivity index is 1.07. The Morgan fingerprint density at radius 2 is 1.64 bits per heavy atom. The van der Waals surface area contributed by atoms with Crippen LogP contribution in [0.1, 0.15) is 64.0 Å². The van der Waals surface area contributed by atoms with Gasteiger partial charge in [-0.3, -0.25) is 14.5 Å². The van der Waals surface area contributed by atoms with Crippen molar-refractivity contribution in [2.45, 2.75) is 64.9 Å². The minimum Gasteiger partial charge on any atom is -0.492 e. The fraction of sp³-hybridized carbons (Fsp3) is 0.488. The van der Waals surface area contributed by atoms with Crippen molar-refractivity contribution in [3.63, 3.8) is 0 Å². The van der Waals surface area contributed by atoms with Crippen LogP contribution in [0.15, 0.2) is 88.0 Å². The van der Waals surface area contributed by atoms with E-state index in [-0.39, 0.29) is 29.9 Å². The molecule has 0 bridgehead atoms. The predicted octanol–water partition coefficient (Wildman–Crippen LogP) is 7.32. The Labute approximate surface area is 324 Å². The number of anilines is 1. The van der Waals surface area contributed by atoms with Crippen LogP contribution in [0.5, 0.6) is 5.75 Å². The third-order valence-corrected chi connectivity index (χ3v) is 10.3. The number of ketones is 1. The second kappa shape index (κ2) is 19.1. The van der Waals surface area contributed by atoms with Crippen molar-refractivity contribution in [1.29, 1.82) is 0 Å². The molecule has 0 unspecified atom stereocenters. The highest BCUT2D eigenvalue weighted by Gasteiger charge is 2.31. The number of hydrogen-bond donors (Lipinski definition) is 2. The Morgan fingerprint density at radius 3 is 2.33 bits per heavy atom. The second-order valence-electron chi connectivity index (χ2n) is 15.6. The molecule has 3 aliphatic rings. The van der Waals surface area contributed by atoms with E-state index in [4.69, 9.17) is 14.2 Å². The highest BCUT2D eigenvalue weighted by Crippen LogP contribution is 2.32. The van der Waals surface area contributed by atoms with Gasteiger partial charge in [0.1, 0.15) is 23.7 Å². The lowest BCUT2D eigenvalue weighted by Crippen LogP contribution is -2.38. The molecular formula is C43H54N6O6. The number of ether oxygens (including phenoxy) is 3. The van der Waals surface area contributed by atoms with Gasteiger partial charge in [-0.25, -0.2) is 9.79 Å². The highest BCUT2D eigenvalue weighted by molar-refractivity contribution is 6.01. The van der Waals surface area contributed by atoms with E-state index < -0.39 is 17.6 Å². The summed E-state index contributed by atoms with van der Waals surface area (Å²) in [7, 11) is 0. The van der Waals surface area contributed by atoms with Gasteiger partial charge in [-0.1, -0.05) is 36.4 Å². The first-order valence-electron chi connectivity index (χ1n) is 19.5. The Morgan fingerprint density at radius 1 is 0.909 bits per heavy atom. The largest absolute Gasteiger partial charge is 0.492 e. The number of amidine groups is 1. The predicted molar refractivity (Wildman–Crippen MR) is 212 cm³/mol. The molecule has 0 aromatic heterocycles. The standard InChI is InChI=1S/C43H54N6O6/c1-43(2,3)55-42(52)44-28-31-9-13-33(14-10-31)39(50)27-36(41(51)47-37-17-15-34(16-18-37)40-45-29-46-48-40)25-30-7-11-32(12-8-30)35-5-4-6-38(26-35)54-24-21-49-19-22-53-23-20-49/h4-8,11-12,15-18,26,31,33,36H,9-10,13-14,19-25,27-29H2,1-3H3,(H,44,52)(H,47,51)/t31?,33?,36-/m1/s1.